The van der Waals surface area contributed by atoms with Crippen molar-refractivity contribution >= 4 is 5.97 Å². The molecule has 1 saturated heterocycles. The fourth-order valence-electron chi connectivity index (χ4n) is 2.62. The zero-order valence-electron chi connectivity index (χ0n) is 11.6. The van der Waals surface area contributed by atoms with E-state index in [1.54, 1.807) is 11.6 Å². The number of rotatable bonds is 4. The van der Waals surface area contributed by atoms with Crippen LogP contribution >= 0.6 is 0 Å². The summed E-state index contributed by atoms with van der Waals surface area (Å²) >= 11 is 0. The first-order valence-corrected chi connectivity index (χ1v) is 6.81. The Morgan fingerprint density at radius 2 is 2.24 bits per heavy atom. The molecule has 9 nitrogen and oxygen atoms in total. The fraction of sp³-hybridized carbons (Fsp3) is 0.583. The van der Waals surface area contributed by atoms with E-state index in [0.717, 1.165) is 25.9 Å². The first kappa shape index (κ1) is 13.7. The van der Waals surface area contributed by atoms with E-state index in [2.05, 4.69) is 25.8 Å². The molecule has 0 atom stereocenters. The summed E-state index contributed by atoms with van der Waals surface area (Å²) in [4.78, 5) is 15.5. The van der Waals surface area contributed by atoms with Gasteiger partial charge in [-0.3, -0.25) is 0 Å². The maximum atomic E-state index is 11.4. The van der Waals surface area contributed by atoms with Crippen LogP contribution in [-0.4, -0.2) is 49.3 Å². The van der Waals surface area contributed by atoms with Gasteiger partial charge >= 0.3 is 5.97 Å². The van der Waals surface area contributed by atoms with Crippen molar-refractivity contribution in [2.45, 2.75) is 32.2 Å². The molecule has 0 spiro atoms. The van der Waals surface area contributed by atoms with Crippen molar-refractivity contribution in [3.05, 3.63) is 23.1 Å². The number of piperidine rings is 1. The first-order chi connectivity index (χ1) is 10.1. The monoisotopic (exact) mass is 292 g/mol. The Balaban J connectivity index is 1.93. The van der Waals surface area contributed by atoms with Crippen LogP contribution < -0.4 is 5.32 Å². The van der Waals surface area contributed by atoms with Crippen LogP contribution in [0.2, 0.25) is 0 Å². The Morgan fingerprint density at radius 1 is 1.48 bits per heavy atom. The van der Waals surface area contributed by atoms with Crippen molar-refractivity contribution in [3.8, 4) is 0 Å². The molecular formula is C12H16N6O3. The molecule has 0 bridgehead atoms. The number of hydrogen-bond donors (Lipinski definition) is 2. The molecule has 21 heavy (non-hydrogen) atoms. The Hall–Kier alpha value is -2.29. The average Bonchev–Trinajstić information content (AvgIpc) is 3.07. The van der Waals surface area contributed by atoms with Gasteiger partial charge in [0.2, 0.25) is 5.89 Å². The van der Waals surface area contributed by atoms with Crippen molar-refractivity contribution < 1.29 is 14.4 Å². The van der Waals surface area contributed by atoms with E-state index in [9.17, 15) is 9.90 Å². The van der Waals surface area contributed by atoms with Gasteiger partial charge < -0.3 is 14.9 Å². The second-order valence-corrected chi connectivity index (χ2v) is 5.05. The summed E-state index contributed by atoms with van der Waals surface area (Å²) in [5.74, 6) is -0.00984. The van der Waals surface area contributed by atoms with E-state index < -0.39 is 5.97 Å². The summed E-state index contributed by atoms with van der Waals surface area (Å²) in [7, 11) is 0. The third-order valence-corrected chi connectivity index (χ3v) is 3.56. The SMILES string of the molecule is Cc1noc(Cn2nnc(C(=O)O)c2C2CCNCC2)n1. The molecule has 1 fully saturated rings. The summed E-state index contributed by atoms with van der Waals surface area (Å²) in [5, 5.41) is 24.0. The molecule has 3 rings (SSSR count). The Bertz CT molecular complexity index is 643. The van der Waals surface area contributed by atoms with Gasteiger partial charge in [-0.25, -0.2) is 9.48 Å². The van der Waals surface area contributed by atoms with Crippen molar-refractivity contribution in [3.63, 3.8) is 0 Å². The average molecular weight is 292 g/mol. The highest BCUT2D eigenvalue weighted by Crippen LogP contribution is 2.27. The van der Waals surface area contributed by atoms with Crippen LogP contribution in [0.4, 0.5) is 0 Å². The van der Waals surface area contributed by atoms with E-state index in [1.165, 1.54) is 0 Å². The molecule has 0 saturated carbocycles. The summed E-state index contributed by atoms with van der Waals surface area (Å²) < 4.78 is 6.63. The highest BCUT2D eigenvalue weighted by molar-refractivity contribution is 5.86. The molecule has 2 aromatic rings. The predicted molar refractivity (Wildman–Crippen MR) is 70.0 cm³/mol. The van der Waals surface area contributed by atoms with Crippen molar-refractivity contribution in [2.75, 3.05) is 13.1 Å². The summed E-state index contributed by atoms with van der Waals surface area (Å²) in [5.41, 5.74) is 0.651. The lowest BCUT2D eigenvalue weighted by atomic mass is 9.93. The van der Waals surface area contributed by atoms with E-state index >= 15 is 0 Å². The summed E-state index contributed by atoms with van der Waals surface area (Å²) in [6.07, 6.45) is 1.72. The van der Waals surface area contributed by atoms with Gasteiger partial charge in [0.05, 0.1) is 5.69 Å². The van der Waals surface area contributed by atoms with Gasteiger partial charge in [0.15, 0.2) is 11.5 Å². The van der Waals surface area contributed by atoms with Crippen LogP contribution in [0, 0.1) is 6.92 Å². The zero-order chi connectivity index (χ0) is 14.8. The van der Waals surface area contributed by atoms with Crippen molar-refractivity contribution in [1.82, 2.24) is 30.5 Å². The third-order valence-electron chi connectivity index (χ3n) is 3.56. The molecule has 3 heterocycles. The molecule has 0 unspecified atom stereocenters. The fourth-order valence-corrected chi connectivity index (χ4v) is 2.62. The lowest BCUT2D eigenvalue weighted by Gasteiger charge is -2.23. The second kappa shape index (κ2) is 5.60. The quantitative estimate of drug-likeness (QED) is 0.819. The normalized spacial score (nSPS) is 16.2. The van der Waals surface area contributed by atoms with Crippen LogP contribution in [-0.2, 0) is 6.54 Å². The number of carboxylic acids is 1. The molecule has 0 aliphatic carbocycles. The number of aromatic carboxylic acids is 1. The summed E-state index contributed by atoms with van der Waals surface area (Å²) in [6, 6.07) is 0. The predicted octanol–water partition coefficient (Wildman–Crippen LogP) is 0.183. The van der Waals surface area contributed by atoms with E-state index in [0.29, 0.717) is 17.4 Å². The topological polar surface area (TPSA) is 119 Å². The molecular weight excluding hydrogens is 276 g/mol. The second-order valence-electron chi connectivity index (χ2n) is 5.05. The Labute approximate surface area is 120 Å². The molecule has 0 radical (unpaired) electrons. The van der Waals surface area contributed by atoms with Gasteiger partial charge in [-0.2, -0.15) is 4.98 Å². The Morgan fingerprint density at radius 3 is 2.86 bits per heavy atom. The van der Waals surface area contributed by atoms with Gasteiger partial charge in [0, 0.05) is 5.92 Å². The molecule has 0 amide bonds. The lowest BCUT2D eigenvalue weighted by molar-refractivity contribution is 0.0688. The van der Waals surface area contributed by atoms with E-state index in [1.807, 2.05) is 0 Å². The molecule has 9 heteroatoms. The minimum atomic E-state index is -1.06. The largest absolute Gasteiger partial charge is 0.476 e. The van der Waals surface area contributed by atoms with E-state index in [4.69, 9.17) is 4.52 Å². The number of hydrogen-bond acceptors (Lipinski definition) is 7. The number of carbonyl (C=O) groups is 1. The van der Waals surface area contributed by atoms with Gasteiger partial charge in [0.25, 0.3) is 0 Å². The smallest absolute Gasteiger partial charge is 0.358 e. The number of nitrogens with one attached hydrogen (secondary N) is 1. The summed E-state index contributed by atoms with van der Waals surface area (Å²) in [6.45, 7) is 3.67. The van der Waals surface area contributed by atoms with Crippen LogP contribution in [0.3, 0.4) is 0 Å². The highest BCUT2D eigenvalue weighted by Gasteiger charge is 2.28. The third kappa shape index (κ3) is 2.77. The molecule has 2 aromatic heterocycles. The minimum Gasteiger partial charge on any atom is -0.476 e. The van der Waals surface area contributed by atoms with Crippen molar-refractivity contribution in [2.24, 2.45) is 0 Å². The maximum absolute atomic E-state index is 11.4. The Kier molecular flexibility index (Phi) is 3.65. The van der Waals surface area contributed by atoms with Gasteiger partial charge in [-0.1, -0.05) is 10.4 Å². The highest BCUT2D eigenvalue weighted by atomic mass is 16.5. The number of aryl methyl sites for hydroxylation is 1. The standard InChI is InChI=1S/C12H16N6O3/c1-7-14-9(21-16-7)6-18-11(8-2-4-13-5-3-8)10(12(19)20)15-17-18/h8,13H,2-6H2,1H3,(H,19,20). The number of carboxylic acid groups (broad SMARTS) is 1. The molecule has 1 aliphatic heterocycles. The van der Waals surface area contributed by atoms with Crippen LogP contribution in [0.25, 0.3) is 0 Å². The van der Waals surface area contributed by atoms with Gasteiger partial charge in [-0.15, -0.1) is 5.10 Å². The van der Waals surface area contributed by atoms with Crippen molar-refractivity contribution in [1.29, 1.82) is 0 Å². The lowest BCUT2D eigenvalue weighted by Crippen LogP contribution is -2.28. The molecule has 112 valence electrons. The number of nitrogens with zero attached hydrogens (tertiary/aromatic N) is 5. The molecule has 0 aromatic carbocycles. The van der Waals surface area contributed by atoms with Crippen LogP contribution in [0.15, 0.2) is 4.52 Å². The van der Waals surface area contributed by atoms with E-state index in [-0.39, 0.29) is 18.2 Å². The minimum absolute atomic E-state index is 0.0122. The van der Waals surface area contributed by atoms with Crippen LogP contribution in [0.1, 0.15) is 46.7 Å². The molecule has 1 aliphatic rings. The van der Waals surface area contributed by atoms with Gasteiger partial charge in [0.1, 0.15) is 6.54 Å². The van der Waals surface area contributed by atoms with Gasteiger partial charge in [-0.05, 0) is 32.9 Å². The van der Waals surface area contributed by atoms with Crippen LogP contribution in [0.5, 0.6) is 0 Å². The number of aromatic nitrogens is 5. The molecule has 2 N–H and O–H groups in total. The zero-order valence-corrected chi connectivity index (χ0v) is 11.6. The first-order valence-electron chi connectivity index (χ1n) is 6.81. The maximum Gasteiger partial charge on any atom is 0.358 e.